The number of nitrogens with one attached hydrogen (secondary N) is 1. The molecular formula is C22H23N3O4S2. The number of methoxy groups -OCH3 is 2. The number of benzene rings is 1. The SMILES string of the molecule is COc1ccc(OC)c(NC(=O)CSc2nc(=O)n(Cc3cccs3)c3c2CCC3)c1. The van der Waals surface area contributed by atoms with Gasteiger partial charge in [-0.05, 0) is 42.8 Å². The number of amides is 1. The molecule has 0 unspecified atom stereocenters. The fourth-order valence-corrected chi connectivity index (χ4v) is 5.23. The van der Waals surface area contributed by atoms with Crippen LogP contribution in [0, 0.1) is 0 Å². The predicted octanol–water partition coefficient (Wildman–Crippen LogP) is 3.59. The summed E-state index contributed by atoms with van der Waals surface area (Å²) in [6.07, 6.45) is 2.73. The molecule has 1 aromatic carbocycles. The highest BCUT2D eigenvalue weighted by molar-refractivity contribution is 8.00. The first-order valence-corrected chi connectivity index (χ1v) is 11.7. The first-order chi connectivity index (χ1) is 15.1. The average molecular weight is 458 g/mol. The summed E-state index contributed by atoms with van der Waals surface area (Å²) in [6, 6.07) is 9.23. The van der Waals surface area contributed by atoms with Crippen LogP contribution in [0.1, 0.15) is 22.6 Å². The Kier molecular flexibility index (Phi) is 6.62. The highest BCUT2D eigenvalue weighted by Gasteiger charge is 2.23. The van der Waals surface area contributed by atoms with E-state index in [1.165, 1.54) is 11.8 Å². The lowest BCUT2D eigenvalue weighted by Crippen LogP contribution is -2.27. The molecule has 7 nitrogen and oxygen atoms in total. The standard InChI is InChI=1S/C22H23N3O4S2/c1-28-14-8-9-19(29-2)17(11-14)23-20(26)13-31-21-16-6-3-7-18(16)25(22(27)24-21)12-15-5-4-10-30-15/h4-5,8-11H,3,6-7,12-13H2,1-2H3,(H,23,26). The lowest BCUT2D eigenvalue weighted by molar-refractivity contribution is -0.113. The van der Waals surface area contributed by atoms with Crippen LogP contribution in [0.3, 0.4) is 0 Å². The van der Waals surface area contributed by atoms with Gasteiger partial charge in [0.1, 0.15) is 16.5 Å². The summed E-state index contributed by atoms with van der Waals surface area (Å²) < 4.78 is 12.3. The van der Waals surface area contributed by atoms with Crippen molar-refractivity contribution in [1.29, 1.82) is 0 Å². The van der Waals surface area contributed by atoms with Crippen molar-refractivity contribution < 1.29 is 14.3 Å². The minimum Gasteiger partial charge on any atom is -0.497 e. The van der Waals surface area contributed by atoms with Crippen LogP contribution in [0.25, 0.3) is 0 Å². The number of fused-ring (bicyclic) bond motifs is 1. The molecule has 1 aliphatic carbocycles. The van der Waals surface area contributed by atoms with Gasteiger partial charge in [0.15, 0.2) is 0 Å². The van der Waals surface area contributed by atoms with Crippen molar-refractivity contribution in [2.75, 3.05) is 25.3 Å². The summed E-state index contributed by atoms with van der Waals surface area (Å²) >= 11 is 2.93. The summed E-state index contributed by atoms with van der Waals surface area (Å²) in [4.78, 5) is 30.8. The molecule has 4 rings (SSSR count). The third-order valence-corrected chi connectivity index (χ3v) is 6.99. The van der Waals surface area contributed by atoms with Crippen molar-refractivity contribution >= 4 is 34.7 Å². The van der Waals surface area contributed by atoms with Gasteiger partial charge in [-0.3, -0.25) is 9.36 Å². The predicted molar refractivity (Wildman–Crippen MR) is 123 cm³/mol. The second-order valence-corrected chi connectivity index (χ2v) is 9.04. The number of hydrogen-bond acceptors (Lipinski definition) is 7. The van der Waals surface area contributed by atoms with Gasteiger partial charge in [0, 0.05) is 22.2 Å². The number of carbonyl (C=O) groups excluding carboxylic acids is 1. The van der Waals surface area contributed by atoms with Crippen molar-refractivity contribution in [2.45, 2.75) is 30.8 Å². The zero-order valence-electron chi connectivity index (χ0n) is 17.3. The fraction of sp³-hybridized carbons (Fsp3) is 0.318. The molecule has 0 aliphatic heterocycles. The minimum absolute atomic E-state index is 0.147. The number of anilines is 1. The van der Waals surface area contributed by atoms with Crippen LogP contribution < -0.4 is 20.5 Å². The van der Waals surface area contributed by atoms with Gasteiger partial charge in [-0.25, -0.2) is 4.79 Å². The third-order valence-electron chi connectivity index (χ3n) is 5.12. The smallest absolute Gasteiger partial charge is 0.349 e. The molecule has 3 aromatic rings. The quantitative estimate of drug-likeness (QED) is 0.411. The summed E-state index contributed by atoms with van der Waals surface area (Å²) in [5.74, 6) is 1.12. The molecule has 0 atom stereocenters. The van der Waals surface area contributed by atoms with E-state index < -0.39 is 0 Å². The number of aromatic nitrogens is 2. The molecule has 1 amide bonds. The molecule has 1 aliphatic rings. The lowest BCUT2D eigenvalue weighted by Gasteiger charge is -2.14. The van der Waals surface area contributed by atoms with Crippen LogP contribution in [0.15, 0.2) is 45.5 Å². The van der Waals surface area contributed by atoms with Gasteiger partial charge in [-0.2, -0.15) is 4.98 Å². The van der Waals surface area contributed by atoms with E-state index in [-0.39, 0.29) is 17.3 Å². The lowest BCUT2D eigenvalue weighted by atomic mass is 10.2. The van der Waals surface area contributed by atoms with E-state index in [1.807, 2.05) is 17.5 Å². The highest BCUT2D eigenvalue weighted by Crippen LogP contribution is 2.31. The first kappa shape index (κ1) is 21.5. The van der Waals surface area contributed by atoms with Gasteiger partial charge < -0.3 is 14.8 Å². The van der Waals surface area contributed by atoms with E-state index in [2.05, 4.69) is 10.3 Å². The van der Waals surface area contributed by atoms with E-state index in [0.717, 1.165) is 35.4 Å². The molecule has 2 aromatic heterocycles. The molecule has 1 N–H and O–H groups in total. The van der Waals surface area contributed by atoms with Crippen LogP contribution in [-0.2, 0) is 24.2 Å². The molecule has 31 heavy (non-hydrogen) atoms. The molecule has 0 bridgehead atoms. The number of thioether (sulfide) groups is 1. The zero-order valence-corrected chi connectivity index (χ0v) is 19.0. The van der Waals surface area contributed by atoms with Crippen LogP contribution >= 0.6 is 23.1 Å². The normalized spacial score (nSPS) is 12.5. The minimum atomic E-state index is -0.258. The van der Waals surface area contributed by atoms with Gasteiger partial charge in [0.25, 0.3) is 0 Å². The molecule has 9 heteroatoms. The van der Waals surface area contributed by atoms with E-state index in [4.69, 9.17) is 9.47 Å². The number of thiophene rings is 1. The Bertz CT molecular complexity index is 1140. The average Bonchev–Trinajstić information content (AvgIpc) is 3.46. The van der Waals surface area contributed by atoms with Crippen molar-refractivity contribution in [2.24, 2.45) is 0 Å². The fourth-order valence-electron chi connectivity index (χ4n) is 3.66. The Labute approximate surface area is 188 Å². The van der Waals surface area contributed by atoms with Crippen molar-refractivity contribution in [3.8, 4) is 11.5 Å². The Morgan fingerprint density at radius 1 is 1.26 bits per heavy atom. The topological polar surface area (TPSA) is 82.5 Å². The van der Waals surface area contributed by atoms with Gasteiger partial charge in [0.05, 0.1) is 32.2 Å². The van der Waals surface area contributed by atoms with E-state index in [9.17, 15) is 9.59 Å². The summed E-state index contributed by atoms with van der Waals surface area (Å²) in [5, 5.41) is 5.52. The maximum Gasteiger partial charge on any atom is 0.349 e. The Morgan fingerprint density at radius 2 is 2.13 bits per heavy atom. The maximum absolute atomic E-state index is 12.7. The van der Waals surface area contributed by atoms with Gasteiger partial charge in [0.2, 0.25) is 5.91 Å². The second kappa shape index (κ2) is 9.57. The Morgan fingerprint density at radius 3 is 2.87 bits per heavy atom. The number of hydrogen-bond donors (Lipinski definition) is 1. The van der Waals surface area contributed by atoms with Crippen LogP contribution in [-0.4, -0.2) is 35.4 Å². The van der Waals surface area contributed by atoms with Crippen molar-refractivity contribution in [3.05, 3.63) is 62.3 Å². The summed E-state index contributed by atoms with van der Waals surface area (Å²) in [5.41, 5.74) is 2.42. The van der Waals surface area contributed by atoms with E-state index >= 15 is 0 Å². The summed E-state index contributed by atoms with van der Waals surface area (Å²) in [6.45, 7) is 0.549. The van der Waals surface area contributed by atoms with Crippen molar-refractivity contribution in [3.63, 3.8) is 0 Å². The van der Waals surface area contributed by atoms with Crippen LogP contribution in [0.2, 0.25) is 0 Å². The molecule has 162 valence electrons. The van der Waals surface area contributed by atoms with Gasteiger partial charge >= 0.3 is 5.69 Å². The highest BCUT2D eigenvalue weighted by atomic mass is 32.2. The molecular weight excluding hydrogens is 434 g/mol. The van der Waals surface area contributed by atoms with Gasteiger partial charge in [-0.1, -0.05) is 17.8 Å². The second-order valence-electron chi connectivity index (χ2n) is 7.05. The van der Waals surface area contributed by atoms with Crippen LogP contribution in [0.5, 0.6) is 11.5 Å². The largest absolute Gasteiger partial charge is 0.497 e. The molecule has 0 saturated carbocycles. The number of nitrogens with zero attached hydrogens (tertiary/aromatic N) is 2. The zero-order chi connectivity index (χ0) is 21.8. The number of ether oxygens (including phenoxy) is 2. The molecule has 0 spiro atoms. The number of rotatable bonds is 8. The van der Waals surface area contributed by atoms with Crippen LogP contribution in [0.4, 0.5) is 5.69 Å². The summed E-state index contributed by atoms with van der Waals surface area (Å²) in [7, 11) is 3.11. The Hall–Kier alpha value is -2.78. The molecule has 2 heterocycles. The van der Waals surface area contributed by atoms with E-state index in [1.54, 1.807) is 48.3 Å². The molecule has 0 saturated heterocycles. The monoisotopic (exact) mass is 457 g/mol. The third kappa shape index (κ3) is 4.77. The Balaban J connectivity index is 1.49. The number of carbonyl (C=O) groups is 1. The van der Waals surface area contributed by atoms with Crippen molar-refractivity contribution in [1.82, 2.24) is 9.55 Å². The molecule has 0 radical (unpaired) electrons. The van der Waals surface area contributed by atoms with Gasteiger partial charge in [-0.15, -0.1) is 11.3 Å². The molecule has 0 fully saturated rings. The first-order valence-electron chi connectivity index (χ1n) is 9.88. The maximum atomic E-state index is 12.7. The van der Waals surface area contributed by atoms with E-state index in [0.29, 0.717) is 28.8 Å².